The van der Waals surface area contributed by atoms with Crippen LogP contribution in [0.1, 0.15) is 38.3 Å². The van der Waals surface area contributed by atoms with E-state index in [-0.39, 0.29) is 0 Å². The van der Waals surface area contributed by atoms with Crippen LogP contribution in [0.3, 0.4) is 0 Å². The van der Waals surface area contributed by atoms with Crippen molar-refractivity contribution in [2.24, 2.45) is 5.73 Å². The molecule has 0 radical (unpaired) electrons. The molecular weight excluding hydrogens is 218 g/mol. The van der Waals surface area contributed by atoms with Gasteiger partial charge < -0.3 is 5.73 Å². The predicted octanol–water partition coefficient (Wildman–Crippen LogP) is 4.60. The van der Waals surface area contributed by atoms with Crippen LogP contribution in [-0.2, 0) is 0 Å². The summed E-state index contributed by atoms with van der Waals surface area (Å²) in [5.41, 5.74) is 11.6. The predicted molar refractivity (Wildman–Crippen MR) is 81.1 cm³/mol. The highest BCUT2D eigenvalue weighted by Crippen LogP contribution is 2.17. The van der Waals surface area contributed by atoms with E-state index in [1.165, 1.54) is 22.3 Å². The molecular formula is C17H23N. The molecule has 18 heavy (non-hydrogen) atoms. The molecule has 0 aromatic heterocycles. The molecule has 0 amide bonds. The number of hydrogen-bond donors (Lipinski definition) is 1. The van der Waals surface area contributed by atoms with Crippen molar-refractivity contribution in [3.8, 4) is 0 Å². The van der Waals surface area contributed by atoms with Gasteiger partial charge in [-0.05, 0) is 50.0 Å². The Bertz CT molecular complexity index is 469. The fraction of sp³-hybridized carbons (Fsp3) is 0.294. The molecule has 1 nitrogen and oxygen atoms in total. The smallest absolute Gasteiger partial charge is 0.00548 e. The first-order valence-corrected chi connectivity index (χ1v) is 6.42. The highest BCUT2D eigenvalue weighted by molar-refractivity contribution is 5.60. The first-order valence-electron chi connectivity index (χ1n) is 6.42. The van der Waals surface area contributed by atoms with Crippen LogP contribution in [0, 0.1) is 6.92 Å². The average molecular weight is 241 g/mol. The second-order valence-electron chi connectivity index (χ2n) is 4.69. The summed E-state index contributed by atoms with van der Waals surface area (Å²) in [6.45, 7) is 8.28. The zero-order valence-corrected chi connectivity index (χ0v) is 11.8. The molecule has 1 rings (SSSR count). The van der Waals surface area contributed by atoms with Gasteiger partial charge in [0, 0.05) is 5.70 Å². The van der Waals surface area contributed by atoms with E-state index in [9.17, 15) is 0 Å². The van der Waals surface area contributed by atoms with Gasteiger partial charge in [0.15, 0.2) is 0 Å². The Labute approximate surface area is 111 Å². The maximum absolute atomic E-state index is 5.77. The zero-order valence-electron chi connectivity index (χ0n) is 11.8. The molecule has 2 N–H and O–H groups in total. The van der Waals surface area contributed by atoms with Gasteiger partial charge in [0.2, 0.25) is 0 Å². The third-order valence-corrected chi connectivity index (χ3v) is 2.72. The first-order chi connectivity index (χ1) is 8.52. The third kappa shape index (κ3) is 4.62. The zero-order chi connectivity index (χ0) is 13.5. The summed E-state index contributed by atoms with van der Waals surface area (Å²) < 4.78 is 0. The second kappa shape index (κ2) is 6.85. The van der Waals surface area contributed by atoms with Crippen molar-refractivity contribution < 1.29 is 0 Å². The number of hydrogen-bond acceptors (Lipinski definition) is 1. The maximum atomic E-state index is 5.77. The van der Waals surface area contributed by atoms with Gasteiger partial charge in [0.1, 0.15) is 0 Å². The van der Waals surface area contributed by atoms with Gasteiger partial charge >= 0.3 is 0 Å². The first kappa shape index (κ1) is 14.3. The number of rotatable bonds is 4. The molecule has 1 aromatic rings. The van der Waals surface area contributed by atoms with E-state index in [0.717, 1.165) is 12.1 Å². The molecule has 0 spiro atoms. The Morgan fingerprint density at radius 3 is 2.28 bits per heavy atom. The van der Waals surface area contributed by atoms with E-state index >= 15 is 0 Å². The van der Waals surface area contributed by atoms with Crippen LogP contribution in [0.4, 0.5) is 0 Å². The van der Waals surface area contributed by atoms with Gasteiger partial charge in [-0.25, -0.2) is 0 Å². The van der Waals surface area contributed by atoms with Crippen LogP contribution >= 0.6 is 0 Å². The van der Waals surface area contributed by atoms with Crippen LogP contribution in [0.2, 0.25) is 0 Å². The third-order valence-electron chi connectivity index (χ3n) is 2.72. The standard InChI is InChI=1S/C17H23N/c1-5-6-17(12-15(4)18)14(3)11-16-9-7-13(2)8-10-16/h6-12H,5,18H2,1-4H3/b14-11-,15-12+,17-6+. The molecule has 0 bridgehead atoms. The Balaban J connectivity index is 3.03. The average Bonchev–Trinajstić information content (AvgIpc) is 2.31. The van der Waals surface area contributed by atoms with E-state index in [0.29, 0.717) is 0 Å². The molecule has 0 saturated heterocycles. The molecule has 0 aliphatic carbocycles. The molecule has 0 saturated carbocycles. The van der Waals surface area contributed by atoms with Crippen LogP contribution < -0.4 is 5.73 Å². The maximum Gasteiger partial charge on any atom is 0.00548 e. The number of benzene rings is 1. The minimum absolute atomic E-state index is 0.839. The molecule has 0 atom stereocenters. The summed E-state index contributed by atoms with van der Waals surface area (Å²) in [4.78, 5) is 0. The Hall–Kier alpha value is -1.76. The normalized spacial score (nSPS) is 13.9. The van der Waals surface area contributed by atoms with Gasteiger partial charge in [-0.15, -0.1) is 0 Å². The number of nitrogens with two attached hydrogens (primary N) is 1. The topological polar surface area (TPSA) is 26.0 Å². The summed E-state index contributed by atoms with van der Waals surface area (Å²) >= 11 is 0. The summed E-state index contributed by atoms with van der Waals surface area (Å²) in [6, 6.07) is 8.54. The fourth-order valence-corrected chi connectivity index (χ4v) is 1.79. The minimum Gasteiger partial charge on any atom is -0.402 e. The van der Waals surface area contributed by atoms with Crippen molar-refractivity contribution in [2.75, 3.05) is 0 Å². The SMILES string of the molecule is CC/C=C(\C=C(/C)N)C(/C)=C\c1ccc(C)cc1. The van der Waals surface area contributed by atoms with Crippen LogP contribution in [-0.4, -0.2) is 0 Å². The van der Waals surface area contributed by atoms with Crippen LogP contribution in [0.5, 0.6) is 0 Å². The van der Waals surface area contributed by atoms with Gasteiger partial charge in [0.05, 0.1) is 0 Å². The Morgan fingerprint density at radius 1 is 1.17 bits per heavy atom. The Morgan fingerprint density at radius 2 is 1.78 bits per heavy atom. The minimum atomic E-state index is 0.839. The largest absolute Gasteiger partial charge is 0.402 e. The number of aryl methyl sites for hydroxylation is 1. The van der Waals surface area contributed by atoms with Crippen molar-refractivity contribution in [3.05, 3.63) is 64.4 Å². The van der Waals surface area contributed by atoms with E-state index < -0.39 is 0 Å². The van der Waals surface area contributed by atoms with E-state index in [1.54, 1.807) is 0 Å². The van der Waals surface area contributed by atoms with Crippen molar-refractivity contribution in [1.29, 1.82) is 0 Å². The van der Waals surface area contributed by atoms with Crippen molar-refractivity contribution in [2.45, 2.75) is 34.1 Å². The van der Waals surface area contributed by atoms with Gasteiger partial charge in [-0.2, -0.15) is 0 Å². The van der Waals surface area contributed by atoms with Crippen LogP contribution in [0.25, 0.3) is 6.08 Å². The summed E-state index contributed by atoms with van der Waals surface area (Å²) in [5, 5.41) is 0. The molecule has 0 unspecified atom stereocenters. The Kier molecular flexibility index (Phi) is 5.44. The number of allylic oxidation sites excluding steroid dienone is 5. The van der Waals surface area contributed by atoms with E-state index in [1.807, 2.05) is 13.0 Å². The van der Waals surface area contributed by atoms with Crippen molar-refractivity contribution in [1.82, 2.24) is 0 Å². The summed E-state index contributed by atoms with van der Waals surface area (Å²) in [7, 11) is 0. The lowest BCUT2D eigenvalue weighted by Gasteiger charge is -2.05. The van der Waals surface area contributed by atoms with Crippen molar-refractivity contribution in [3.63, 3.8) is 0 Å². The van der Waals surface area contributed by atoms with Crippen molar-refractivity contribution >= 4 is 6.08 Å². The second-order valence-corrected chi connectivity index (χ2v) is 4.69. The molecule has 0 heterocycles. The quantitative estimate of drug-likeness (QED) is 0.766. The summed E-state index contributed by atoms with van der Waals surface area (Å²) in [6.07, 6.45) is 7.44. The highest BCUT2D eigenvalue weighted by Gasteiger charge is 1.97. The molecule has 0 aliphatic rings. The van der Waals surface area contributed by atoms with Gasteiger partial charge in [-0.3, -0.25) is 0 Å². The summed E-state index contributed by atoms with van der Waals surface area (Å²) in [5.74, 6) is 0. The molecule has 96 valence electrons. The molecule has 1 heteroatoms. The molecule has 0 fully saturated rings. The highest BCUT2D eigenvalue weighted by atomic mass is 14.5. The lowest BCUT2D eigenvalue weighted by atomic mass is 10.0. The lowest BCUT2D eigenvalue weighted by Crippen LogP contribution is -1.93. The van der Waals surface area contributed by atoms with Gasteiger partial charge in [-0.1, -0.05) is 48.9 Å². The fourth-order valence-electron chi connectivity index (χ4n) is 1.79. The van der Waals surface area contributed by atoms with Crippen LogP contribution in [0.15, 0.2) is 53.3 Å². The monoisotopic (exact) mass is 241 g/mol. The van der Waals surface area contributed by atoms with Gasteiger partial charge in [0.25, 0.3) is 0 Å². The molecule has 0 aliphatic heterocycles. The van der Waals surface area contributed by atoms with E-state index in [2.05, 4.69) is 57.2 Å². The molecule has 1 aromatic carbocycles. The lowest BCUT2D eigenvalue weighted by molar-refractivity contribution is 1.19. The van der Waals surface area contributed by atoms with E-state index in [4.69, 9.17) is 5.73 Å².